The van der Waals surface area contributed by atoms with Crippen LogP contribution < -0.4 is 10.2 Å². The summed E-state index contributed by atoms with van der Waals surface area (Å²) in [5.74, 6) is 0.794. The van der Waals surface area contributed by atoms with Crippen LogP contribution in [0.4, 0.5) is 0 Å². The Bertz CT molecular complexity index is 628. The third-order valence-electron chi connectivity index (χ3n) is 2.70. The molecule has 0 fully saturated rings. The molecule has 0 aliphatic heterocycles. The number of benzene rings is 1. The summed E-state index contributed by atoms with van der Waals surface area (Å²) in [5.41, 5.74) is 4.16. The third kappa shape index (κ3) is 4.36. The standard InChI is InChI=1S/C15H15ClN2O3/c1-10-6-13(7-11(2)15(10)16)21-9-14(19)18-17-8-12-4-3-5-20-12/h3-8H,9H2,1-2H3,(H,18,19). The van der Waals surface area contributed by atoms with Crippen LogP contribution in [-0.2, 0) is 4.79 Å². The maximum absolute atomic E-state index is 11.6. The van der Waals surface area contributed by atoms with Gasteiger partial charge in [0.05, 0.1) is 12.5 Å². The van der Waals surface area contributed by atoms with E-state index in [1.807, 2.05) is 13.8 Å². The molecule has 0 atom stereocenters. The summed E-state index contributed by atoms with van der Waals surface area (Å²) in [7, 11) is 0. The molecule has 0 saturated carbocycles. The number of carbonyl (C=O) groups is 1. The molecule has 0 bridgehead atoms. The highest BCUT2D eigenvalue weighted by Gasteiger charge is 2.06. The first-order chi connectivity index (χ1) is 10.1. The van der Waals surface area contributed by atoms with E-state index >= 15 is 0 Å². The van der Waals surface area contributed by atoms with Crippen molar-refractivity contribution < 1.29 is 13.9 Å². The Morgan fingerprint density at radius 1 is 1.43 bits per heavy atom. The summed E-state index contributed by atoms with van der Waals surface area (Å²) >= 11 is 6.07. The lowest BCUT2D eigenvalue weighted by molar-refractivity contribution is -0.123. The number of carbonyl (C=O) groups excluding carboxylic acids is 1. The quantitative estimate of drug-likeness (QED) is 0.682. The Morgan fingerprint density at radius 2 is 2.14 bits per heavy atom. The van der Waals surface area contributed by atoms with Gasteiger partial charge in [0.1, 0.15) is 11.5 Å². The number of nitrogens with one attached hydrogen (secondary N) is 1. The van der Waals surface area contributed by atoms with Gasteiger partial charge in [0.2, 0.25) is 0 Å². The van der Waals surface area contributed by atoms with Gasteiger partial charge in [-0.3, -0.25) is 4.79 Å². The number of halogens is 1. The second kappa shape index (κ2) is 6.95. The van der Waals surface area contributed by atoms with Crippen LogP contribution in [0, 0.1) is 13.8 Å². The fourth-order valence-corrected chi connectivity index (χ4v) is 1.81. The smallest absolute Gasteiger partial charge is 0.277 e. The molecular formula is C15H15ClN2O3. The van der Waals surface area contributed by atoms with E-state index < -0.39 is 0 Å². The molecule has 1 heterocycles. The van der Waals surface area contributed by atoms with Gasteiger partial charge in [-0.15, -0.1) is 0 Å². The molecule has 21 heavy (non-hydrogen) atoms. The van der Waals surface area contributed by atoms with E-state index in [-0.39, 0.29) is 12.5 Å². The summed E-state index contributed by atoms with van der Waals surface area (Å²) in [6.45, 7) is 3.64. The molecule has 110 valence electrons. The largest absolute Gasteiger partial charge is 0.484 e. The van der Waals surface area contributed by atoms with E-state index in [1.54, 1.807) is 24.3 Å². The molecule has 1 aromatic carbocycles. The minimum absolute atomic E-state index is 0.129. The average molecular weight is 307 g/mol. The zero-order valence-electron chi connectivity index (χ0n) is 11.7. The van der Waals surface area contributed by atoms with Crippen molar-refractivity contribution in [2.45, 2.75) is 13.8 Å². The van der Waals surface area contributed by atoms with Crippen molar-refractivity contribution in [1.29, 1.82) is 0 Å². The summed E-state index contributed by atoms with van der Waals surface area (Å²) < 4.78 is 10.4. The summed E-state index contributed by atoms with van der Waals surface area (Å²) in [6, 6.07) is 7.03. The molecule has 5 nitrogen and oxygen atoms in total. The molecule has 6 heteroatoms. The van der Waals surface area contributed by atoms with E-state index in [9.17, 15) is 4.79 Å². The molecule has 1 amide bonds. The second-order valence-corrected chi connectivity index (χ2v) is 4.85. The van der Waals surface area contributed by atoms with Crippen molar-refractivity contribution in [1.82, 2.24) is 5.43 Å². The van der Waals surface area contributed by atoms with Gasteiger partial charge in [-0.05, 0) is 49.2 Å². The van der Waals surface area contributed by atoms with E-state index in [2.05, 4.69) is 10.5 Å². The van der Waals surface area contributed by atoms with Crippen LogP contribution in [0.25, 0.3) is 0 Å². The van der Waals surface area contributed by atoms with E-state index in [0.29, 0.717) is 16.5 Å². The molecule has 2 aromatic rings. The molecule has 2 rings (SSSR count). The molecule has 0 unspecified atom stereocenters. The third-order valence-corrected chi connectivity index (χ3v) is 3.30. The molecule has 0 saturated heterocycles. The van der Waals surface area contributed by atoms with Gasteiger partial charge in [0.25, 0.3) is 5.91 Å². The Hall–Kier alpha value is -2.27. The number of hydrogen-bond acceptors (Lipinski definition) is 4. The van der Waals surface area contributed by atoms with E-state index in [4.69, 9.17) is 20.8 Å². The highest BCUT2D eigenvalue weighted by atomic mass is 35.5. The lowest BCUT2D eigenvalue weighted by Gasteiger charge is -2.09. The first kappa shape index (κ1) is 15.1. The van der Waals surface area contributed by atoms with Gasteiger partial charge in [-0.2, -0.15) is 5.10 Å². The van der Waals surface area contributed by atoms with Gasteiger partial charge >= 0.3 is 0 Å². The molecule has 0 aliphatic carbocycles. The Balaban J connectivity index is 1.84. The predicted molar refractivity (Wildman–Crippen MR) is 80.9 cm³/mol. The first-order valence-corrected chi connectivity index (χ1v) is 6.69. The number of hydrazone groups is 1. The molecule has 1 N–H and O–H groups in total. The monoisotopic (exact) mass is 306 g/mol. The van der Waals surface area contributed by atoms with Gasteiger partial charge in [-0.1, -0.05) is 11.6 Å². The van der Waals surface area contributed by atoms with Gasteiger partial charge in [0.15, 0.2) is 6.61 Å². The van der Waals surface area contributed by atoms with Crippen LogP contribution in [0.3, 0.4) is 0 Å². The lowest BCUT2D eigenvalue weighted by Crippen LogP contribution is -2.24. The van der Waals surface area contributed by atoms with Crippen molar-refractivity contribution in [2.24, 2.45) is 5.10 Å². The predicted octanol–water partition coefficient (Wildman–Crippen LogP) is 3.08. The Kier molecular flexibility index (Phi) is 5.00. The van der Waals surface area contributed by atoms with Crippen LogP contribution in [0.5, 0.6) is 5.75 Å². The molecule has 0 spiro atoms. The fourth-order valence-electron chi connectivity index (χ4n) is 1.70. The number of hydrogen-bond donors (Lipinski definition) is 1. The minimum atomic E-state index is -0.358. The molecular weight excluding hydrogens is 292 g/mol. The normalized spacial score (nSPS) is 10.8. The molecule has 0 radical (unpaired) electrons. The zero-order chi connectivity index (χ0) is 15.2. The SMILES string of the molecule is Cc1cc(OCC(=O)NN=Cc2ccco2)cc(C)c1Cl. The fraction of sp³-hybridized carbons (Fsp3) is 0.200. The van der Waals surface area contributed by atoms with Crippen molar-refractivity contribution in [2.75, 3.05) is 6.61 Å². The Morgan fingerprint density at radius 3 is 2.76 bits per heavy atom. The van der Waals surface area contributed by atoms with Crippen LogP contribution in [0.1, 0.15) is 16.9 Å². The van der Waals surface area contributed by atoms with Crippen LogP contribution in [-0.4, -0.2) is 18.7 Å². The Labute approximate surface area is 127 Å². The topological polar surface area (TPSA) is 63.8 Å². The van der Waals surface area contributed by atoms with Crippen molar-refractivity contribution in [3.8, 4) is 5.75 Å². The zero-order valence-corrected chi connectivity index (χ0v) is 12.5. The minimum Gasteiger partial charge on any atom is -0.484 e. The second-order valence-electron chi connectivity index (χ2n) is 4.47. The number of aryl methyl sites for hydroxylation is 2. The van der Waals surface area contributed by atoms with Gasteiger partial charge in [-0.25, -0.2) is 5.43 Å². The number of nitrogens with zero attached hydrogens (tertiary/aromatic N) is 1. The van der Waals surface area contributed by atoms with Crippen molar-refractivity contribution in [3.63, 3.8) is 0 Å². The molecule has 0 aliphatic rings. The highest BCUT2D eigenvalue weighted by Crippen LogP contribution is 2.25. The van der Waals surface area contributed by atoms with Crippen LogP contribution >= 0.6 is 11.6 Å². The maximum atomic E-state index is 11.6. The van der Waals surface area contributed by atoms with Crippen molar-refractivity contribution in [3.05, 3.63) is 52.4 Å². The maximum Gasteiger partial charge on any atom is 0.277 e. The summed E-state index contributed by atoms with van der Waals surface area (Å²) in [5, 5.41) is 4.46. The first-order valence-electron chi connectivity index (χ1n) is 6.31. The van der Waals surface area contributed by atoms with Crippen LogP contribution in [0.2, 0.25) is 5.02 Å². The summed E-state index contributed by atoms with van der Waals surface area (Å²) in [6.07, 6.45) is 2.94. The molecule has 1 aromatic heterocycles. The van der Waals surface area contributed by atoms with E-state index in [1.165, 1.54) is 12.5 Å². The van der Waals surface area contributed by atoms with Gasteiger partial charge < -0.3 is 9.15 Å². The number of ether oxygens (including phenoxy) is 1. The average Bonchev–Trinajstić information content (AvgIpc) is 2.95. The number of furan rings is 1. The number of amides is 1. The van der Waals surface area contributed by atoms with Gasteiger partial charge in [0, 0.05) is 5.02 Å². The summed E-state index contributed by atoms with van der Waals surface area (Å²) in [4.78, 5) is 11.6. The number of rotatable bonds is 5. The lowest BCUT2D eigenvalue weighted by atomic mass is 10.1. The van der Waals surface area contributed by atoms with E-state index in [0.717, 1.165) is 11.1 Å². The highest BCUT2D eigenvalue weighted by molar-refractivity contribution is 6.32. The van der Waals surface area contributed by atoms with Crippen molar-refractivity contribution >= 4 is 23.7 Å². The van der Waals surface area contributed by atoms with Crippen LogP contribution in [0.15, 0.2) is 40.0 Å².